The van der Waals surface area contributed by atoms with Gasteiger partial charge in [-0.05, 0) is 16.9 Å². The normalized spacial score (nSPS) is 16.1. The number of aromatic nitrogens is 2. The van der Waals surface area contributed by atoms with E-state index in [1.807, 2.05) is 0 Å². The molecule has 0 aliphatic rings. The van der Waals surface area contributed by atoms with Crippen molar-refractivity contribution in [3.63, 3.8) is 0 Å². The Morgan fingerprint density at radius 3 is 1.77 bits per heavy atom. The molecule has 1 rings (SSSR count). The molecule has 1 atom stereocenters. The second-order valence-corrected chi connectivity index (χ2v) is 4.58. The van der Waals surface area contributed by atoms with E-state index in [9.17, 15) is 48.3 Å². The van der Waals surface area contributed by atoms with Crippen LogP contribution in [0.3, 0.4) is 0 Å². The molecule has 0 aromatic carbocycles. The molecule has 1 heterocycles. The number of ether oxygens (including phenoxy) is 1. The summed E-state index contributed by atoms with van der Waals surface area (Å²) < 4.78 is 143. The number of aryl methyl sites for hydroxylation is 1. The fraction of sp³-hybridized carbons (Fsp3) is 0.600. The Morgan fingerprint density at radius 1 is 0.885 bits per heavy atom. The molecular weight excluding hydrogens is 401 g/mol. The average Bonchev–Trinajstić information content (AvgIpc) is 2.43. The van der Waals surface area contributed by atoms with Gasteiger partial charge in [-0.2, -0.15) is 48.3 Å². The largest absolute Gasteiger partial charge is 0.562 e. The summed E-state index contributed by atoms with van der Waals surface area (Å²) in [5, 5.41) is 8.36. The van der Waals surface area contributed by atoms with Crippen molar-refractivity contribution in [1.29, 1.82) is 5.39 Å². The van der Waals surface area contributed by atoms with Crippen LogP contribution in [-0.4, -0.2) is 34.4 Å². The van der Waals surface area contributed by atoms with Crippen LogP contribution < -0.4 is 0 Å². The van der Waals surface area contributed by atoms with E-state index in [0.717, 1.165) is 6.92 Å². The first-order chi connectivity index (χ1) is 11.4. The summed E-state index contributed by atoms with van der Waals surface area (Å²) in [6.45, 7) is 0.819. The first kappa shape index (κ1) is 21.7. The second-order valence-electron chi connectivity index (χ2n) is 4.58. The van der Waals surface area contributed by atoms with Crippen LogP contribution in [-0.2, 0) is 10.6 Å². The summed E-state index contributed by atoms with van der Waals surface area (Å²) in [5.41, 5.74) is -2.90. The summed E-state index contributed by atoms with van der Waals surface area (Å²) in [6, 6.07) is -0.0377. The van der Waals surface area contributed by atoms with E-state index in [4.69, 9.17) is 5.39 Å². The Balaban J connectivity index is 3.59. The van der Waals surface area contributed by atoms with Gasteiger partial charge in [0.05, 0.1) is 5.39 Å². The maximum absolute atomic E-state index is 14.2. The molecule has 26 heavy (non-hydrogen) atoms. The van der Waals surface area contributed by atoms with Crippen molar-refractivity contribution in [2.24, 2.45) is 0 Å². The molecule has 16 heteroatoms. The van der Waals surface area contributed by atoms with Crippen molar-refractivity contribution in [1.82, 2.24) is 9.97 Å². The lowest BCUT2D eigenvalue weighted by Gasteiger charge is -2.33. The van der Waals surface area contributed by atoms with Gasteiger partial charge in [-0.25, -0.2) is 0 Å². The molecule has 1 aromatic heterocycles. The molecule has 1 unspecified atom stereocenters. The zero-order valence-corrected chi connectivity index (χ0v) is 11.9. The van der Waals surface area contributed by atoms with Gasteiger partial charge in [-0.1, -0.05) is 4.98 Å². The van der Waals surface area contributed by atoms with Gasteiger partial charge < -0.3 is 0 Å². The number of nitrogens with zero attached hydrogens (tertiary/aromatic N) is 4. The standard InChI is InChI=1S/C10H4F11N4O/c1-3-2-4(24-5(23-3)25-22)6(11,8(14,15)16)26-10(20,21)7(12,13)9(17,18)19/h2H,1H3/q+1. The van der Waals surface area contributed by atoms with Crippen LogP contribution >= 0.6 is 0 Å². The summed E-state index contributed by atoms with van der Waals surface area (Å²) >= 11 is 0. The molecule has 0 spiro atoms. The van der Waals surface area contributed by atoms with Crippen LogP contribution in [0, 0.1) is 12.3 Å². The van der Waals surface area contributed by atoms with Crippen molar-refractivity contribution in [3.05, 3.63) is 22.4 Å². The SMILES string of the molecule is Cc1cc(C(F)(OC(F)(F)C(F)(F)C(F)(F)F)C(F)(F)F)nc([N+]#N)n1. The first-order valence-electron chi connectivity index (χ1n) is 5.88. The van der Waals surface area contributed by atoms with Gasteiger partial charge in [0.15, 0.2) is 5.69 Å². The monoisotopic (exact) mass is 405 g/mol. The molecule has 0 saturated heterocycles. The fourth-order valence-electron chi connectivity index (χ4n) is 1.42. The van der Waals surface area contributed by atoms with Crippen LogP contribution in [0.5, 0.6) is 0 Å². The molecule has 0 aliphatic carbocycles. The predicted octanol–water partition coefficient (Wildman–Crippen LogP) is 4.76. The van der Waals surface area contributed by atoms with E-state index >= 15 is 0 Å². The van der Waals surface area contributed by atoms with Crippen LogP contribution in [0.2, 0.25) is 0 Å². The van der Waals surface area contributed by atoms with Crippen LogP contribution in [0.15, 0.2) is 6.07 Å². The number of diazo groups is 1. The van der Waals surface area contributed by atoms with Crippen LogP contribution in [0.1, 0.15) is 11.4 Å². The highest BCUT2D eigenvalue weighted by Crippen LogP contribution is 2.53. The Kier molecular flexibility index (Phi) is 5.13. The highest BCUT2D eigenvalue weighted by Gasteiger charge is 2.79. The zero-order chi connectivity index (χ0) is 20.8. The summed E-state index contributed by atoms with van der Waals surface area (Å²) in [7, 11) is 0. The topological polar surface area (TPSA) is 63.2 Å². The minimum absolute atomic E-state index is 0.0377. The fourth-order valence-corrected chi connectivity index (χ4v) is 1.42. The summed E-state index contributed by atoms with van der Waals surface area (Å²) in [4.78, 5) is 7.76. The van der Waals surface area contributed by atoms with Crippen LogP contribution in [0.25, 0.3) is 4.98 Å². The van der Waals surface area contributed by atoms with Crippen molar-refractivity contribution in [3.8, 4) is 0 Å². The quantitative estimate of drug-likeness (QED) is 0.535. The maximum atomic E-state index is 14.2. The lowest BCUT2D eigenvalue weighted by molar-refractivity contribution is -0.488. The Hall–Kier alpha value is -2.31. The van der Waals surface area contributed by atoms with Crippen molar-refractivity contribution in [2.75, 3.05) is 0 Å². The lowest BCUT2D eigenvalue weighted by atomic mass is 10.1. The van der Waals surface area contributed by atoms with Gasteiger partial charge in [0.1, 0.15) is 5.69 Å². The van der Waals surface area contributed by atoms with Crippen molar-refractivity contribution in [2.45, 2.75) is 37.2 Å². The number of alkyl halides is 11. The third-order valence-electron chi connectivity index (χ3n) is 2.62. The Morgan fingerprint density at radius 2 is 1.38 bits per heavy atom. The first-order valence-corrected chi connectivity index (χ1v) is 5.88. The smallest absolute Gasteiger partial charge is 0.263 e. The Bertz CT molecular complexity index is 723. The van der Waals surface area contributed by atoms with Gasteiger partial charge >= 0.3 is 36.2 Å². The van der Waals surface area contributed by atoms with E-state index in [1.54, 1.807) is 0 Å². The highest BCUT2D eigenvalue weighted by atomic mass is 19.4. The number of hydrogen-bond donors (Lipinski definition) is 0. The van der Waals surface area contributed by atoms with E-state index in [1.165, 1.54) is 0 Å². The van der Waals surface area contributed by atoms with E-state index in [0.29, 0.717) is 0 Å². The molecule has 0 aliphatic heterocycles. The second kappa shape index (κ2) is 6.14. The van der Waals surface area contributed by atoms with Gasteiger partial charge in [-0.3, -0.25) is 4.74 Å². The maximum Gasteiger partial charge on any atom is 0.562 e. The van der Waals surface area contributed by atoms with E-state index < -0.39 is 47.6 Å². The predicted molar refractivity (Wildman–Crippen MR) is 57.4 cm³/mol. The molecule has 0 saturated carbocycles. The molecule has 0 fully saturated rings. The van der Waals surface area contributed by atoms with Crippen LogP contribution in [0.4, 0.5) is 54.2 Å². The number of rotatable bonds is 4. The van der Waals surface area contributed by atoms with Gasteiger partial charge in [0.2, 0.25) is 0 Å². The van der Waals surface area contributed by atoms with Gasteiger partial charge in [-0.15, -0.1) is 0 Å². The number of hydrogen-bond acceptors (Lipinski definition) is 4. The average molecular weight is 405 g/mol. The highest BCUT2D eigenvalue weighted by molar-refractivity contribution is 5.30. The molecule has 0 amide bonds. The van der Waals surface area contributed by atoms with Crippen molar-refractivity contribution < 1.29 is 53.0 Å². The molecule has 1 aromatic rings. The molecular formula is C10H4F11N4O+. The molecule has 5 nitrogen and oxygen atoms in total. The van der Waals surface area contributed by atoms with Gasteiger partial charge in [0, 0.05) is 6.07 Å². The lowest BCUT2D eigenvalue weighted by Crippen LogP contribution is -2.58. The van der Waals surface area contributed by atoms with Gasteiger partial charge in [0.25, 0.3) is 0 Å². The number of halogens is 11. The minimum Gasteiger partial charge on any atom is -0.263 e. The van der Waals surface area contributed by atoms with E-state index in [2.05, 4.69) is 19.7 Å². The summed E-state index contributed by atoms with van der Waals surface area (Å²) in [6.07, 6.45) is -20.7. The van der Waals surface area contributed by atoms with E-state index in [-0.39, 0.29) is 6.07 Å². The van der Waals surface area contributed by atoms with Crippen molar-refractivity contribution >= 4 is 5.95 Å². The third kappa shape index (κ3) is 3.61. The molecule has 0 bridgehead atoms. The third-order valence-corrected chi connectivity index (χ3v) is 2.62. The zero-order valence-electron chi connectivity index (χ0n) is 11.9. The molecule has 0 radical (unpaired) electrons. The Labute approximate surface area is 135 Å². The molecule has 0 N–H and O–H groups in total. The summed E-state index contributed by atoms with van der Waals surface area (Å²) in [5.74, 6) is -14.5. The minimum atomic E-state index is -7.19. The molecule has 146 valence electrons.